The van der Waals surface area contributed by atoms with E-state index in [2.05, 4.69) is 16.0 Å². The minimum Gasteiger partial charge on any atom is -0.363 e. The first-order valence-electron chi connectivity index (χ1n) is 5.44. The molecule has 1 heterocycles. The van der Waals surface area contributed by atoms with Crippen LogP contribution in [0.25, 0.3) is 0 Å². The predicted molar refractivity (Wildman–Crippen MR) is 58.9 cm³/mol. The Kier molecular flexibility index (Phi) is 4.70. The quantitative estimate of drug-likeness (QED) is 0.524. The number of hydrogen-bond donors (Lipinski definition) is 3. The minimum absolute atomic E-state index is 0.00240. The van der Waals surface area contributed by atoms with Crippen LogP contribution in [0.4, 0.5) is 0 Å². The van der Waals surface area contributed by atoms with E-state index in [9.17, 15) is 9.59 Å². The number of hydrogen-bond acceptors (Lipinski definition) is 4. The summed E-state index contributed by atoms with van der Waals surface area (Å²) in [6.07, 6.45) is 0. The lowest BCUT2D eigenvalue weighted by Gasteiger charge is -2.38. The molecule has 0 unspecified atom stereocenters. The van der Waals surface area contributed by atoms with Gasteiger partial charge in [0.1, 0.15) is 6.61 Å². The Balaban J connectivity index is 2.09. The molecule has 0 aliphatic carbocycles. The second-order valence-electron chi connectivity index (χ2n) is 4.07. The van der Waals surface area contributed by atoms with E-state index in [0.29, 0.717) is 6.54 Å². The molecule has 0 radical (unpaired) electrons. The highest BCUT2D eigenvalue weighted by Gasteiger charge is 2.32. The van der Waals surface area contributed by atoms with Crippen molar-refractivity contribution in [1.82, 2.24) is 16.0 Å². The van der Waals surface area contributed by atoms with E-state index in [1.807, 2.05) is 13.8 Å². The fourth-order valence-corrected chi connectivity index (χ4v) is 1.31. The lowest BCUT2D eigenvalue weighted by Crippen LogP contribution is -2.59. The fourth-order valence-electron chi connectivity index (χ4n) is 1.31. The van der Waals surface area contributed by atoms with Crippen LogP contribution in [0.1, 0.15) is 13.8 Å². The van der Waals surface area contributed by atoms with Crippen LogP contribution in [0.2, 0.25) is 0 Å². The summed E-state index contributed by atoms with van der Waals surface area (Å²) >= 11 is 0. The SMILES string of the molecule is CCNC(=O)CNC(=O)COC1(C)CNC1. The molecule has 3 N–H and O–H groups in total. The van der Waals surface area contributed by atoms with Gasteiger partial charge in [-0.05, 0) is 13.8 Å². The van der Waals surface area contributed by atoms with Gasteiger partial charge in [0.15, 0.2) is 0 Å². The summed E-state index contributed by atoms with van der Waals surface area (Å²) in [5, 5.41) is 8.15. The van der Waals surface area contributed by atoms with E-state index in [0.717, 1.165) is 13.1 Å². The molecule has 0 aromatic carbocycles. The van der Waals surface area contributed by atoms with Crippen molar-refractivity contribution in [2.45, 2.75) is 19.4 Å². The fraction of sp³-hybridized carbons (Fsp3) is 0.800. The van der Waals surface area contributed by atoms with Crippen molar-refractivity contribution in [1.29, 1.82) is 0 Å². The van der Waals surface area contributed by atoms with Crippen molar-refractivity contribution < 1.29 is 14.3 Å². The molecule has 1 aliphatic heterocycles. The van der Waals surface area contributed by atoms with Crippen LogP contribution in [0.5, 0.6) is 0 Å². The summed E-state index contributed by atoms with van der Waals surface area (Å²) in [4.78, 5) is 22.3. The molecular formula is C10H19N3O3. The molecule has 0 atom stereocenters. The minimum atomic E-state index is -0.264. The molecule has 6 nitrogen and oxygen atoms in total. The zero-order chi connectivity index (χ0) is 12.0. The smallest absolute Gasteiger partial charge is 0.246 e. The maximum absolute atomic E-state index is 11.3. The van der Waals surface area contributed by atoms with Gasteiger partial charge in [-0.2, -0.15) is 0 Å². The van der Waals surface area contributed by atoms with Crippen LogP contribution in [0.15, 0.2) is 0 Å². The lowest BCUT2D eigenvalue weighted by atomic mass is 10.0. The molecule has 0 aromatic rings. The highest BCUT2D eigenvalue weighted by atomic mass is 16.5. The van der Waals surface area contributed by atoms with Gasteiger partial charge in [-0.15, -0.1) is 0 Å². The second-order valence-corrected chi connectivity index (χ2v) is 4.07. The van der Waals surface area contributed by atoms with Crippen LogP contribution in [-0.2, 0) is 14.3 Å². The first-order valence-corrected chi connectivity index (χ1v) is 5.44. The van der Waals surface area contributed by atoms with E-state index >= 15 is 0 Å². The van der Waals surface area contributed by atoms with Crippen molar-refractivity contribution in [2.24, 2.45) is 0 Å². The van der Waals surface area contributed by atoms with Gasteiger partial charge < -0.3 is 20.7 Å². The molecule has 6 heteroatoms. The number of carbonyl (C=O) groups is 2. The van der Waals surface area contributed by atoms with Gasteiger partial charge in [-0.3, -0.25) is 9.59 Å². The third-order valence-electron chi connectivity index (χ3n) is 2.37. The summed E-state index contributed by atoms with van der Waals surface area (Å²) in [5.74, 6) is -0.452. The summed E-state index contributed by atoms with van der Waals surface area (Å²) in [6, 6.07) is 0. The molecule has 1 aliphatic rings. The van der Waals surface area contributed by atoms with Gasteiger partial charge in [-0.1, -0.05) is 0 Å². The Labute approximate surface area is 95.1 Å². The Hall–Kier alpha value is -1.14. The van der Waals surface area contributed by atoms with E-state index in [1.165, 1.54) is 0 Å². The maximum Gasteiger partial charge on any atom is 0.246 e. The van der Waals surface area contributed by atoms with Crippen LogP contribution in [-0.4, -0.2) is 50.2 Å². The molecule has 0 saturated carbocycles. The molecule has 1 rings (SSSR count). The van der Waals surface area contributed by atoms with Crippen molar-refractivity contribution in [3.05, 3.63) is 0 Å². The number of carbonyl (C=O) groups excluding carboxylic acids is 2. The summed E-state index contributed by atoms with van der Waals surface area (Å²) in [5.41, 5.74) is -0.233. The third kappa shape index (κ3) is 4.16. The second kappa shape index (κ2) is 5.81. The third-order valence-corrected chi connectivity index (χ3v) is 2.37. The van der Waals surface area contributed by atoms with Gasteiger partial charge in [0.2, 0.25) is 11.8 Å². The van der Waals surface area contributed by atoms with Crippen molar-refractivity contribution in [3.63, 3.8) is 0 Å². The lowest BCUT2D eigenvalue weighted by molar-refractivity contribution is -0.137. The molecule has 92 valence electrons. The summed E-state index contributed by atoms with van der Waals surface area (Å²) in [6.45, 7) is 5.86. The van der Waals surface area contributed by atoms with E-state index in [-0.39, 0.29) is 30.6 Å². The average Bonchev–Trinajstić information content (AvgIpc) is 2.21. The largest absolute Gasteiger partial charge is 0.363 e. The Bertz CT molecular complexity index is 264. The van der Waals surface area contributed by atoms with Crippen LogP contribution in [0.3, 0.4) is 0 Å². The standard InChI is InChI=1S/C10H19N3O3/c1-3-12-8(14)4-13-9(15)5-16-10(2)6-11-7-10/h11H,3-7H2,1-2H3,(H,12,14)(H,13,15). The van der Waals surface area contributed by atoms with Gasteiger partial charge in [-0.25, -0.2) is 0 Å². The molecule has 1 fully saturated rings. The summed E-state index contributed by atoms with van der Waals surface area (Å²) in [7, 11) is 0. The number of nitrogens with one attached hydrogen (secondary N) is 3. The molecule has 1 saturated heterocycles. The maximum atomic E-state index is 11.3. The molecular weight excluding hydrogens is 210 g/mol. The van der Waals surface area contributed by atoms with Crippen molar-refractivity contribution in [2.75, 3.05) is 32.8 Å². The predicted octanol–water partition coefficient (Wildman–Crippen LogP) is -1.38. The highest BCUT2D eigenvalue weighted by Crippen LogP contribution is 2.14. The van der Waals surface area contributed by atoms with E-state index < -0.39 is 0 Å². The Morgan fingerprint density at radius 3 is 2.50 bits per heavy atom. The van der Waals surface area contributed by atoms with Crippen LogP contribution < -0.4 is 16.0 Å². The summed E-state index contributed by atoms with van der Waals surface area (Å²) < 4.78 is 5.41. The molecule has 0 bridgehead atoms. The van der Waals surface area contributed by atoms with Crippen molar-refractivity contribution in [3.8, 4) is 0 Å². The molecule has 0 spiro atoms. The molecule has 2 amide bonds. The number of likely N-dealkylation sites (N-methyl/N-ethyl adjacent to an activating group) is 1. The average molecular weight is 229 g/mol. The number of rotatable bonds is 6. The first kappa shape index (κ1) is 12.9. The highest BCUT2D eigenvalue weighted by molar-refractivity contribution is 5.85. The molecule has 16 heavy (non-hydrogen) atoms. The number of ether oxygens (including phenoxy) is 1. The van der Waals surface area contributed by atoms with E-state index in [1.54, 1.807) is 0 Å². The first-order chi connectivity index (χ1) is 7.56. The van der Waals surface area contributed by atoms with Crippen molar-refractivity contribution >= 4 is 11.8 Å². The monoisotopic (exact) mass is 229 g/mol. The van der Waals surface area contributed by atoms with Crippen LogP contribution in [0, 0.1) is 0 Å². The molecule has 0 aromatic heterocycles. The van der Waals surface area contributed by atoms with Gasteiger partial charge in [0.05, 0.1) is 12.1 Å². The van der Waals surface area contributed by atoms with Gasteiger partial charge >= 0.3 is 0 Å². The zero-order valence-electron chi connectivity index (χ0n) is 9.76. The topological polar surface area (TPSA) is 79.5 Å². The number of amides is 2. The van der Waals surface area contributed by atoms with Crippen LogP contribution >= 0.6 is 0 Å². The Morgan fingerprint density at radius 1 is 1.31 bits per heavy atom. The zero-order valence-corrected chi connectivity index (χ0v) is 9.76. The Morgan fingerprint density at radius 2 is 2.00 bits per heavy atom. The normalized spacial score (nSPS) is 17.4. The van der Waals surface area contributed by atoms with Gasteiger partial charge in [0, 0.05) is 19.6 Å². The van der Waals surface area contributed by atoms with E-state index in [4.69, 9.17) is 4.74 Å². The van der Waals surface area contributed by atoms with Gasteiger partial charge in [0.25, 0.3) is 0 Å².